The molecule has 0 fully saturated rings. The maximum Gasteiger partial charge on any atom is 0.225 e. The predicted molar refractivity (Wildman–Crippen MR) is 107 cm³/mol. The number of phenols is 1. The lowest BCUT2D eigenvalue weighted by atomic mass is 9.84. The second-order valence-corrected chi connectivity index (χ2v) is 6.90. The number of nitrogens with one attached hydrogen (secondary N) is 1. The summed E-state index contributed by atoms with van der Waals surface area (Å²) in [6.07, 6.45) is 0.293. The second-order valence-electron chi connectivity index (χ2n) is 6.90. The van der Waals surface area contributed by atoms with Crippen LogP contribution in [0.3, 0.4) is 0 Å². The number of fused-ring (bicyclic) bond motifs is 1. The van der Waals surface area contributed by atoms with Gasteiger partial charge in [-0.1, -0.05) is 24.3 Å². The zero-order valence-corrected chi connectivity index (χ0v) is 15.8. The Morgan fingerprint density at radius 1 is 1.07 bits per heavy atom. The molecule has 0 aliphatic carbocycles. The van der Waals surface area contributed by atoms with Crippen LogP contribution in [0.1, 0.15) is 29.0 Å². The topological polar surface area (TPSA) is 67.8 Å². The maximum atomic E-state index is 13.1. The van der Waals surface area contributed by atoms with Crippen molar-refractivity contribution in [3.8, 4) is 17.2 Å². The summed E-state index contributed by atoms with van der Waals surface area (Å²) in [5.41, 5.74) is 3.27. The van der Waals surface area contributed by atoms with Gasteiger partial charge in [0.1, 0.15) is 18.2 Å². The quantitative estimate of drug-likeness (QED) is 0.665. The van der Waals surface area contributed by atoms with E-state index in [4.69, 9.17) is 9.47 Å². The first kappa shape index (κ1) is 18.8. The van der Waals surface area contributed by atoms with Gasteiger partial charge in [0.25, 0.3) is 0 Å². The van der Waals surface area contributed by atoms with Crippen LogP contribution in [-0.2, 0) is 11.4 Å². The first-order valence-corrected chi connectivity index (χ1v) is 9.21. The van der Waals surface area contributed by atoms with E-state index in [0.29, 0.717) is 23.6 Å². The average Bonchev–Trinajstić information content (AvgIpc) is 2.72. The zero-order chi connectivity index (χ0) is 20.4. The largest absolute Gasteiger partial charge is 0.508 e. The number of amides is 1. The molecule has 3 aromatic carbocycles. The molecule has 1 aliphatic rings. The molecule has 1 unspecified atom stereocenters. The van der Waals surface area contributed by atoms with Crippen molar-refractivity contribution < 1.29 is 23.8 Å². The van der Waals surface area contributed by atoms with Gasteiger partial charge in [0.15, 0.2) is 11.5 Å². The Hall–Kier alpha value is -3.54. The van der Waals surface area contributed by atoms with Crippen molar-refractivity contribution in [2.75, 3.05) is 12.4 Å². The lowest BCUT2D eigenvalue weighted by Crippen LogP contribution is -2.23. The summed E-state index contributed by atoms with van der Waals surface area (Å²) >= 11 is 0. The molecule has 0 saturated heterocycles. The Morgan fingerprint density at radius 3 is 2.62 bits per heavy atom. The van der Waals surface area contributed by atoms with E-state index < -0.39 is 0 Å². The number of phenolic OH excluding ortho intramolecular Hbond substituents is 1. The molecule has 1 atom stereocenters. The van der Waals surface area contributed by atoms with E-state index in [0.717, 1.165) is 16.7 Å². The molecule has 0 radical (unpaired) electrons. The van der Waals surface area contributed by atoms with E-state index in [2.05, 4.69) is 5.32 Å². The molecule has 0 bridgehead atoms. The third kappa shape index (κ3) is 4.01. The molecule has 0 saturated carbocycles. The van der Waals surface area contributed by atoms with E-state index >= 15 is 0 Å². The molecular formula is C23H20FNO4. The molecule has 0 spiro atoms. The Kier molecular flexibility index (Phi) is 5.08. The first-order valence-electron chi connectivity index (χ1n) is 9.21. The van der Waals surface area contributed by atoms with Gasteiger partial charge >= 0.3 is 0 Å². The molecule has 29 heavy (non-hydrogen) atoms. The number of methoxy groups -OCH3 is 1. The van der Waals surface area contributed by atoms with Crippen LogP contribution in [0.25, 0.3) is 0 Å². The normalized spacial score (nSPS) is 15.4. The van der Waals surface area contributed by atoms with Gasteiger partial charge in [-0.25, -0.2) is 4.39 Å². The Morgan fingerprint density at radius 2 is 1.86 bits per heavy atom. The van der Waals surface area contributed by atoms with Crippen LogP contribution in [0.15, 0.2) is 60.7 Å². The Bertz CT molecular complexity index is 1050. The fourth-order valence-electron chi connectivity index (χ4n) is 3.51. The average molecular weight is 393 g/mol. The van der Waals surface area contributed by atoms with Crippen molar-refractivity contribution in [2.24, 2.45) is 0 Å². The molecule has 6 heteroatoms. The summed E-state index contributed by atoms with van der Waals surface area (Å²) in [6.45, 7) is 0.260. The number of aromatic hydroxyl groups is 1. The summed E-state index contributed by atoms with van der Waals surface area (Å²) in [4.78, 5) is 12.2. The number of hydrogen-bond acceptors (Lipinski definition) is 4. The summed E-state index contributed by atoms with van der Waals surface area (Å²) in [6, 6.07) is 16.7. The highest BCUT2D eigenvalue weighted by Gasteiger charge is 2.27. The molecule has 2 N–H and O–H groups in total. The Labute approximate surface area is 167 Å². The number of carbonyl (C=O) groups excluding carboxylic acids is 1. The standard InChI is InChI=1S/C23H20FNO4/c1-28-21-9-4-15(10-22(21)29-13-14-2-5-16(24)6-3-14)19-12-23(27)25-20-11-17(26)7-8-18(19)20/h2-11,19,26H,12-13H2,1H3,(H,25,27). The van der Waals surface area contributed by atoms with Crippen LogP contribution >= 0.6 is 0 Å². The molecule has 5 nitrogen and oxygen atoms in total. The molecule has 4 rings (SSSR count). The van der Waals surface area contributed by atoms with Crippen molar-refractivity contribution >= 4 is 11.6 Å². The number of anilines is 1. The highest BCUT2D eigenvalue weighted by atomic mass is 19.1. The van der Waals surface area contributed by atoms with Gasteiger partial charge in [0.2, 0.25) is 5.91 Å². The van der Waals surface area contributed by atoms with Crippen LogP contribution in [0, 0.1) is 5.82 Å². The van der Waals surface area contributed by atoms with Gasteiger partial charge in [0, 0.05) is 24.1 Å². The first-order chi connectivity index (χ1) is 14.0. The van der Waals surface area contributed by atoms with E-state index in [1.54, 1.807) is 31.4 Å². The van der Waals surface area contributed by atoms with Crippen molar-refractivity contribution in [1.82, 2.24) is 0 Å². The van der Waals surface area contributed by atoms with Gasteiger partial charge in [0.05, 0.1) is 7.11 Å². The van der Waals surface area contributed by atoms with Crippen molar-refractivity contribution in [1.29, 1.82) is 0 Å². The number of hydrogen-bond donors (Lipinski definition) is 2. The highest BCUT2D eigenvalue weighted by molar-refractivity contribution is 5.95. The van der Waals surface area contributed by atoms with Gasteiger partial charge in [-0.05, 0) is 47.0 Å². The number of carbonyl (C=O) groups is 1. The molecule has 1 heterocycles. The molecular weight excluding hydrogens is 373 g/mol. The fourth-order valence-corrected chi connectivity index (χ4v) is 3.51. The SMILES string of the molecule is COc1ccc(C2CC(=O)Nc3cc(O)ccc32)cc1OCc1ccc(F)cc1. The lowest BCUT2D eigenvalue weighted by molar-refractivity contribution is -0.116. The molecule has 3 aromatic rings. The maximum absolute atomic E-state index is 13.1. The summed E-state index contributed by atoms with van der Waals surface area (Å²) < 4.78 is 24.4. The van der Waals surface area contributed by atoms with Gasteiger partial charge in [-0.3, -0.25) is 4.79 Å². The molecule has 1 aliphatic heterocycles. The Balaban J connectivity index is 1.64. The van der Waals surface area contributed by atoms with Crippen LogP contribution in [-0.4, -0.2) is 18.1 Å². The number of benzene rings is 3. The van der Waals surface area contributed by atoms with Gasteiger partial charge in [-0.15, -0.1) is 0 Å². The smallest absolute Gasteiger partial charge is 0.225 e. The highest BCUT2D eigenvalue weighted by Crippen LogP contribution is 2.41. The molecule has 1 amide bonds. The summed E-state index contributed by atoms with van der Waals surface area (Å²) in [5, 5.41) is 12.5. The predicted octanol–water partition coefficient (Wildman–Crippen LogP) is 4.59. The minimum Gasteiger partial charge on any atom is -0.508 e. The number of ether oxygens (including phenoxy) is 2. The van der Waals surface area contributed by atoms with E-state index in [9.17, 15) is 14.3 Å². The molecule has 0 aromatic heterocycles. The fraction of sp³-hybridized carbons (Fsp3) is 0.174. The second kappa shape index (κ2) is 7.83. The van der Waals surface area contributed by atoms with Gasteiger partial charge < -0.3 is 19.9 Å². The number of rotatable bonds is 5. The van der Waals surface area contributed by atoms with E-state index in [-0.39, 0.29) is 30.0 Å². The van der Waals surface area contributed by atoms with E-state index in [1.807, 2.05) is 24.3 Å². The van der Waals surface area contributed by atoms with Crippen LogP contribution in [0.2, 0.25) is 0 Å². The van der Waals surface area contributed by atoms with E-state index in [1.165, 1.54) is 12.1 Å². The summed E-state index contributed by atoms with van der Waals surface area (Å²) in [5.74, 6) is 0.634. The van der Waals surface area contributed by atoms with Crippen LogP contribution in [0.5, 0.6) is 17.2 Å². The van der Waals surface area contributed by atoms with Crippen molar-refractivity contribution in [3.05, 3.63) is 83.2 Å². The summed E-state index contributed by atoms with van der Waals surface area (Å²) in [7, 11) is 1.56. The monoisotopic (exact) mass is 393 g/mol. The molecule has 148 valence electrons. The third-order valence-corrected chi connectivity index (χ3v) is 4.97. The minimum absolute atomic E-state index is 0.0998. The lowest BCUT2D eigenvalue weighted by Gasteiger charge is -2.26. The third-order valence-electron chi connectivity index (χ3n) is 4.97. The van der Waals surface area contributed by atoms with Crippen LogP contribution < -0.4 is 14.8 Å². The van der Waals surface area contributed by atoms with Crippen molar-refractivity contribution in [2.45, 2.75) is 18.9 Å². The van der Waals surface area contributed by atoms with Crippen molar-refractivity contribution in [3.63, 3.8) is 0 Å². The van der Waals surface area contributed by atoms with Crippen LogP contribution in [0.4, 0.5) is 10.1 Å². The van der Waals surface area contributed by atoms with Gasteiger partial charge in [-0.2, -0.15) is 0 Å². The number of halogens is 1. The minimum atomic E-state index is -0.298. The zero-order valence-electron chi connectivity index (χ0n) is 15.8.